The first-order chi connectivity index (χ1) is 21.3. The molecule has 4 rings (SSSR count). The second kappa shape index (κ2) is 14.0. The van der Waals surface area contributed by atoms with Gasteiger partial charge in [-0.2, -0.15) is 0 Å². The Morgan fingerprint density at radius 1 is 1.31 bits per heavy atom. The molecule has 16 nitrogen and oxygen atoms in total. The van der Waals surface area contributed by atoms with Crippen molar-refractivity contribution in [2.75, 3.05) is 35.6 Å². The predicted octanol–water partition coefficient (Wildman–Crippen LogP) is 0.420. The van der Waals surface area contributed by atoms with Gasteiger partial charge in [-0.1, -0.05) is 11.2 Å². The van der Waals surface area contributed by atoms with Gasteiger partial charge in [0.25, 0.3) is 12.1 Å². The highest BCUT2D eigenvalue weighted by Gasteiger charge is 2.54. The lowest BCUT2D eigenvalue weighted by atomic mass is 9.89. The molecule has 18 heteroatoms. The number of rotatable bonds is 15. The van der Waals surface area contributed by atoms with Crippen molar-refractivity contribution in [3.05, 3.63) is 47.0 Å². The third kappa shape index (κ3) is 7.58. The van der Waals surface area contributed by atoms with Crippen LogP contribution in [0.1, 0.15) is 32.4 Å². The number of nitrogens with two attached hydrogens (primary N) is 3. The Hall–Kier alpha value is -4.55. The second-order valence-electron chi connectivity index (χ2n) is 10.6. The van der Waals surface area contributed by atoms with Crippen molar-refractivity contribution in [2.45, 2.75) is 44.2 Å². The number of carboxylic acid groups (broad SMARTS) is 2. The molecule has 2 atom stereocenters. The van der Waals surface area contributed by atoms with Gasteiger partial charge >= 0.3 is 11.9 Å². The van der Waals surface area contributed by atoms with Crippen LogP contribution in [0.4, 0.5) is 16.6 Å². The van der Waals surface area contributed by atoms with E-state index < -0.39 is 40.5 Å². The molecule has 1 fully saturated rings. The molecule has 0 spiro atoms. The maximum Gasteiger partial charge on any atom is 0.352 e. The van der Waals surface area contributed by atoms with E-state index in [1.54, 1.807) is 29.2 Å². The number of ketones is 1. The number of fused-ring (bicyclic) bond motifs is 1. The molecule has 9 N–H and O–H groups in total. The van der Waals surface area contributed by atoms with Crippen molar-refractivity contribution in [2.24, 2.45) is 16.8 Å². The van der Waals surface area contributed by atoms with Crippen LogP contribution in [0.2, 0.25) is 0 Å². The van der Waals surface area contributed by atoms with Gasteiger partial charge in [-0.3, -0.25) is 14.5 Å². The van der Waals surface area contributed by atoms with E-state index in [-0.39, 0.29) is 34.4 Å². The van der Waals surface area contributed by atoms with E-state index in [4.69, 9.17) is 22.0 Å². The number of amides is 1. The van der Waals surface area contributed by atoms with Gasteiger partial charge in [-0.05, 0) is 43.4 Å². The summed E-state index contributed by atoms with van der Waals surface area (Å²) in [6.45, 7) is 4.05. The molecule has 0 aromatic carbocycles. The lowest BCUT2D eigenvalue weighted by Crippen LogP contribution is -2.62. The van der Waals surface area contributed by atoms with E-state index in [1.807, 2.05) is 0 Å². The summed E-state index contributed by atoms with van der Waals surface area (Å²) in [6.07, 6.45) is 7.19. The molecule has 1 amide bonds. The Kier molecular flexibility index (Phi) is 10.4. The Labute approximate surface area is 266 Å². The SMILES string of the molecule is CC(C)(O/N=C(\C(=O)C[C@@H]1C(=O)N2C(C(=O)O)=C(/C=C/C[n+]3cnc(N)c(NCCCN)c3)CSC12)c1csc(N)n1)C(=O)O. The number of anilines is 3. The summed E-state index contributed by atoms with van der Waals surface area (Å²) >= 11 is 2.38. The van der Waals surface area contributed by atoms with Crippen LogP contribution < -0.4 is 27.1 Å². The van der Waals surface area contributed by atoms with Crippen LogP contribution in [0.5, 0.6) is 0 Å². The predicted molar refractivity (Wildman–Crippen MR) is 167 cm³/mol. The molecule has 240 valence electrons. The van der Waals surface area contributed by atoms with Crippen LogP contribution in [0.15, 0.2) is 46.5 Å². The van der Waals surface area contributed by atoms with Gasteiger partial charge in [0.2, 0.25) is 11.5 Å². The Morgan fingerprint density at radius 2 is 2.07 bits per heavy atom. The number of hydrogen-bond donors (Lipinski definition) is 6. The van der Waals surface area contributed by atoms with Crippen molar-refractivity contribution >= 4 is 69.1 Å². The quantitative estimate of drug-likeness (QED) is 0.0498. The highest BCUT2D eigenvalue weighted by Crippen LogP contribution is 2.45. The molecular formula is C27H34N9O7S2+. The number of nitrogens with one attached hydrogen (secondary N) is 1. The first-order valence-corrected chi connectivity index (χ1v) is 15.7. The molecule has 0 aliphatic carbocycles. The molecular weight excluding hydrogens is 626 g/mol. The van der Waals surface area contributed by atoms with Crippen LogP contribution >= 0.6 is 23.1 Å². The van der Waals surface area contributed by atoms with Crippen LogP contribution in [-0.4, -0.2) is 84.2 Å². The number of Topliss-reactive ketones (excluding diaryl/α,β-unsaturated/α-hetero) is 1. The average Bonchev–Trinajstić information content (AvgIpc) is 3.42. The third-order valence-electron chi connectivity index (χ3n) is 6.87. The average molecular weight is 661 g/mol. The van der Waals surface area contributed by atoms with Crippen LogP contribution in [0, 0.1) is 5.92 Å². The minimum atomic E-state index is -1.74. The normalized spacial score (nSPS) is 18.5. The first kappa shape index (κ1) is 33.3. The number of carboxylic acids is 2. The fourth-order valence-corrected chi connectivity index (χ4v) is 6.32. The van der Waals surface area contributed by atoms with Gasteiger partial charge in [0, 0.05) is 24.1 Å². The fraction of sp³-hybridized carbons (Fsp3) is 0.407. The summed E-state index contributed by atoms with van der Waals surface area (Å²) in [5.41, 5.74) is 16.2. The van der Waals surface area contributed by atoms with E-state index in [1.165, 1.54) is 35.9 Å². The number of thiazole rings is 1. The number of β-lactam (4-membered cyclic amide) rings is 1. The van der Waals surface area contributed by atoms with Crippen molar-refractivity contribution in [3.8, 4) is 0 Å². The molecule has 0 radical (unpaired) electrons. The number of nitrogen functional groups attached to an aromatic ring is 2. The molecule has 2 aliphatic rings. The van der Waals surface area contributed by atoms with E-state index in [9.17, 15) is 29.4 Å². The molecule has 0 saturated carbocycles. The topological polar surface area (TPSA) is 253 Å². The summed E-state index contributed by atoms with van der Waals surface area (Å²) < 4.78 is 1.77. The smallest absolute Gasteiger partial charge is 0.352 e. The number of thioether (sulfide) groups is 1. The highest BCUT2D eigenvalue weighted by molar-refractivity contribution is 8.00. The standard InChI is InChI=1S/C27H33N9O7S2/c1-27(2,25(41)42)43-34-19(17-12-45-26(30)33-17)18(37)9-15-22(38)36-20(24(39)40)14(11-44-23(15)36)5-3-8-35-10-16(21(29)32-13-35)31-7-4-6-28/h3,5,10,12-13,15,23,29,31H,4,6-9,11,28H2,1-2H3,(H4,30,33,39,40,41,42)/p+1/b5-3+,34-19-/t15-,23?/m1/s1. The number of oxime groups is 1. The number of carbonyl (C=O) groups is 4. The van der Waals surface area contributed by atoms with Crippen LogP contribution in [0.3, 0.4) is 0 Å². The van der Waals surface area contributed by atoms with Crippen molar-refractivity contribution < 1.29 is 38.8 Å². The maximum atomic E-state index is 13.4. The molecule has 2 aromatic heterocycles. The van der Waals surface area contributed by atoms with E-state index >= 15 is 0 Å². The number of carbonyl (C=O) groups excluding carboxylic acids is 2. The van der Waals surface area contributed by atoms with Gasteiger partial charge in [0.1, 0.15) is 29.8 Å². The minimum Gasteiger partial charge on any atom is -0.478 e. The number of allylic oxidation sites excluding steroid dienone is 2. The Bertz CT molecular complexity index is 1590. The molecule has 1 unspecified atom stereocenters. The van der Waals surface area contributed by atoms with E-state index in [0.29, 0.717) is 36.7 Å². The summed E-state index contributed by atoms with van der Waals surface area (Å²) in [6, 6.07) is 0. The number of nitrogens with zero attached hydrogens (tertiary/aromatic N) is 5. The van der Waals surface area contributed by atoms with Gasteiger partial charge in [0.05, 0.1) is 11.3 Å². The van der Waals surface area contributed by atoms with Gasteiger partial charge < -0.3 is 37.6 Å². The van der Waals surface area contributed by atoms with Crippen LogP contribution in [0.25, 0.3) is 0 Å². The van der Waals surface area contributed by atoms with Crippen molar-refractivity contribution in [1.29, 1.82) is 0 Å². The first-order valence-electron chi connectivity index (χ1n) is 13.7. The largest absolute Gasteiger partial charge is 0.478 e. The molecule has 2 aromatic rings. The zero-order valence-corrected chi connectivity index (χ0v) is 26.1. The fourth-order valence-electron chi connectivity index (χ4n) is 4.39. The molecule has 0 bridgehead atoms. The lowest BCUT2D eigenvalue weighted by Gasteiger charge is -2.49. The zero-order valence-electron chi connectivity index (χ0n) is 24.5. The van der Waals surface area contributed by atoms with Crippen molar-refractivity contribution in [1.82, 2.24) is 14.9 Å². The molecule has 4 heterocycles. The molecule has 2 aliphatic heterocycles. The van der Waals surface area contributed by atoms with Gasteiger partial charge in [-0.15, -0.1) is 23.1 Å². The summed E-state index contributed by atoms with van der Waals surface area (Å²) in [5, 5.41) is 27.4. The summed E-state index contributed by atoms with van der Waals surface area (Å²) in [5.74, 6) is -3.94. The Balaban J connectivity index is 1.48. The second-order valence-corrected chi connectivity index (χ2v) is 12.6. The van der Waals surface area contributed by atoms with Gasteiger partial charge in [0.15, 0.2) is 16.6 Å². The number of aliphatic carboxylic acids is 2. The minimum absolute atomic E-state index is 0.0785. The Morgan fingerprint density at radius 3 is 2.71 bits per heavy atom. The van der Waals surface area contributed by atoms with Gasteiger partial charge in [-0.25, -0.2) is 19.1 Å². The third-order valence-corrected chi connectivity index (χ3v) is 8.90. The van der Waals surface area contributed by atoms with E-state index in [0.717, 1.165) is 17.8 Å². The maximum absolute atomic E-state index is 13.4. The molecule has 1 saturated heterocycles. The monoisotopic (exact) mass is 660 g/mol. The number of hydrogen-bond acceptors (Lipinski definition) is 14. The summed E-state index contributed by atoms with van der Waals surface area (Å²) in [4.78, 5) is 64.9. The van der Waals surface area contributed by atoms with Crippen LogP contribution in [-0.2, 0) is 30.6 Å². The molecule has 45 heavy (non-hydrogen) atoms. The lowest BCUT2D eigenvalue weighted by molar-refractivity contribution is -0.689. The van der Waals surface area contributed by atoms with Crippen molar-refractivity contribution in [3.63, 3.8) is 0 Å². The zero-order chi connectivity index (χ0) is 32.9. The number of aromatic nitrogens is 3. The summed E-state index contributed by atoms with van der Waals surface area (Å²) in [7, 11) is 0. The van der Waals surface area contributed by atoms with E-state index in [2.05, 4.69) is 20.4 Å². The highest BCUT2D eigenvalue weighted by atomic mass is 32.2.